The second-order valence-corrected chi connectivity index (χ2v) is 6.91. The summed E-state index contributed by atoms with van der Waals surface area (Å²) in [5, 5.41) is 8.29. The highest BCUT2D eigenvalue weighted by atomic mass is 16.4. The summed E-state index contributed by atoms with van der Waals surface area (Å²) < 4.78 is 5.76. The number of hydrogen-bond acceptors (Lipinski definition) is 5. The Bertz CT molecular complexity index is 703. The van der Waals surface area contributed by atoms with Crippen LogP contribution in [-0.4, -0.2) is 58.6 Å². The predicted molar refractivity (Wildman–Crippen MR) is 93.8 cm³/mol. The summed E-state index contributed by atoms with van der Waals surface area (Å²) >= 11 is 0. The fourth-order valence-corrected chi connectivity index (χ4v) is 3.41. The third kappa shape index (κ3) is 3.74. The molecule has 0 radical (unpaired) electrons. The van der Waals surface area contributed by atoms with Crippen molar-refractivity contribution in [2.24, 2.45) is 5.92 Å². The van der Waals surface area contributed by atoms with E-state index in [-0.39, 0.29) is 0 Å². The van der Waals surface area contributed by atoms with Gasteiger partial charge in [0.05, 0.1) is 0 Å². The van der Waals surface area contributed by atoms with Crippen LogP contribution in [-0.2, 0) is 11.2 Å². The van der Waals surface area contributed by atoms with Crippen LogP contribution in [0.2, 0.25) is 0 Å². The number of piperazine rings is 1. The molecule has 0 unspecified atom stereocenters. The maximum Gasteiger partial charge on any atom is 0.247 e. The van der Waals surface area contributed by atoms with Gasteiger partial charge in [-0.2, -0.15) is 0 Å². The van der Waals surface area contributed by atoms with E-state index < -0.39 is 0 Å². The van der Waals surface area contributed by atoms with Crippen LogP contribution in [0.4, 0.5) is 0 Å². The van der Waals surface area contributed by atoms with Crippen molar-refractivity contribution in [1.29, 1.82) is 0 Å². The van der Waals surface area contributed by atoms with Gasteiger partial charge in [-0.15, -0.1) is 10.2 Å². The molecule has 1 aliphatic heterocycles. The smallest absolute Gasteiger partial charge is 0.247 e. The van der Waals surface area contributed by atoms with E-state index in [4.69, 9.17) is 4.42 Å². The minimum atomic E-state index is 0.307. The lowest BCUT2D eigenvalue weighted by atomic mass is 9.84. The van der Waals surface area contributed by atoms with E-state index >= 15 is 0 Å². The minimum absolute atomic E-state index is 0.307. The highest BCUT2D eigenvalue weighted by Gasteiger charge is 2.31. The number of amides is 1. The van der Waals surface area contributed by atoms with E-state index in [1.54, 1.807) is 0 Å². The second-order valence-electron chi connectivity index (χ2n) is 6.91. The molecule has 1 aromatic heterocycles. The van der Waals surface area contributed by atoms with Crippen molar-refractivity contribution in [3.63, 3.8) is 0 Å². The van der Waals surface area contributed by atoms with Crippen LogP contribution in [0.1, 0.15) is 25.2 Å². The van der Waals surface area contributed by atoms with Crippen LogP contribution in [0.15, 0.2) is 34.7 Å². The van der Waals surface area contributed by atoms with E-state index in [9.17, 15) is 4.79 Å². The van der Waals surface area contributed by atoms with E-state index in [0.29, 0.717) is 23.6 Å². The first kappa shape index (κ1) is 16.3. The number of carbonyl (C=O) groups is 1. The molecule has 1 saturated carbocycles. The molecular weight excluding hydrogens is 316 g/mol. The average molecular weight is 340 g/mol. The number of benzene rings is 1. The number of nitrogens with zero attached hydrogens (tertiary/aromatic N) is 4. The molecular formula is C19H24N4O2. The topological polar surface area (TPSA) is 62.5 Å². The summed E-state index contributed by atoms with van der Waals surface area (Å²) in [6, 6.07) is 9.83. The lowest BCUT2D eigenvalue weighted by molar-refractivity contribution is -0.139. The standard InChI is InChI=1S/C19H24N4O2/c24-19(16-7-4-8-16)23-13-11-22(12-14-23)10-9-17-20-21-18(25-17)15-5-2-1-3-6-15/h1-3,5-6,16H,4,7-14H2. The molecule has 132 valence electrons. The quantitative estimate of drug-likeness (QED) is 0.835. The molecule has 2 aliphatic rings. The maximum absolute atomic E-state index is 12.3. The van der Waals surface area contributed by atoms with Gasteiger partial charge in [-0.1, -0.05) is 24.6 Å². The van der Waals surface area contributed by atoms with Gasteiger partial charge in [-0.25, -0.2) is 0 Å². The van der Waals surface area contributed by atoms with Crippen molar-refractivity contribution in [1.82, 2.24) is 20.0 Å². The summed E-state index contributed by atoms with van der Waals surface area (Å²) in [4.78, 5) is 16.7. The Balaban J connectivity index is 1.24. The molecule has 1 amide bonds. The van der Waals surface area contributed by atoms with Gasteiger partial charge in [0.25, 0.3) is 0 Å². The van der Waals surface area contributed by atoms with Gasteiger partial charge < -0.3 is 9.32 Å². The summed E-state index contributed by atoms with van der Waals surface area (Å²) in [6.07, 6.45) is 4.13. The fraction of sp³-hybridized carbons (Fsp3) is 0.526. The average Bonchev–Trinajstić information content (AvgIpc) is 3.09. The summed E-state index contributed by atoms with van der Waals surface area (Å²) in [5.74, 6) is 1.93. The van der Waals surface area contributed by atoms with Gasteiger partial charge in [0.2, 0.25) is 17.7 Å². The number of aromatic nitrogens is 2. The Morgan fingerprint density at radius 2 is 1.84 bits per heavy atom. The van der Waals surface area contributed by atoms with Crippen molar-refractivity contribution in [2.75, 3.05) is 32.7 Å². The Kier molecular flexibility index (Phi) is 4.78. The molecule has 0 spiro atoms. The molecule has 2 heterocycles. The zero-order chi connectivity index (χ0) is 17.1. The van der Waals surface area contributed by atoms with E-state index in [0.717, 1.165) is 57.5 Å². The Morgan fingerprint density at radius 1 is 1.08 bits per heavy atom. The second kappa shape index (κ2) is 7.35. The monoisotopic (exact) mass is 340 g/mol. The van der Waals surface area contributed by atoms with Gasteiger partial charge in [0.1, 0.15) is 0 Å². The van der Waals surface area contributed by atoms with Crippen LogP contribution >= 0.6 is 0 Å². The van der Waals surface area contributed by atoms with Crippen LogP contribution in [0.3, 0.4) is 0 Å². The molecule has 1 saturated heterocycles. The summed E-state index contributed by atoms with van der Waals surface area (Å²) in [5.41, 5.74) is 0.948. The molecule has 1 aliphatic carbocycles. The zero-order valence-corrected chi connectivity index (χ0v) is 14.4. The molecule has 6 heteroatoms. The normalized spacial score (nSPS) is 19.0. The number of hydrogen-bond donors (Lipinski definition) is 0. The van der Waals surface area contributed by atoms with Crippen LogP contribution in [0, 0.1) is 5.92 Å². The van der Waals surface area contributed by atoms with Gasteiger partial charge in [0, 0.05) is 50.6 Å². The summed E-state index contributed by atoms with van der Waals surface area (Å²) in [6.45, 7) is 4.43. The first-order valence-corrected chi connectivity index (χ1v) is 9.18. The Hall–Kier alpha value is -2.21. The van der Waals surface area contributed by atoms with E-state index in [1.807, 2.05) is 35.2 Å². The van der Waals surface area contributed by atoms with Crippen LogP contribution in [0.5, 0.6) is 0 Å². The SMILES string of the molecule is O=C(C1CCC1)N1CCN(CCc2nnc(-c3ccccc3)o2)CC1. The van der Waals surface area contributed by atoms with Crippen molar-refractivity contribution < 1.29 is 9.21 Å². The molecule has 25 heavy (non-hydrogen) atoms. The van der Waals surface area contributed by atoms with Gasteiger partial charge in [0.15, 0.2) is 0 Å². The largest absolute Gasteiger partial charge is 0.421 e. The maximum atomic E-state index is 12.3. The highest BCUT2D eigenvalue weighted by Crippen LogP contribution is 2.28. The number of carbonyl (C=O) groups excluding carboxylic acids is 1. The van der Waals surface area contributed by atoms with Crippen molar-refractivity contribution >= 4 is 5.91 Å². The molecule has 2 fully saturated rings. The Morgan fingerprint density at radius 3 is 2.52 bits per heavy atom. The van der Waals surface area contributed by atoms with E-state index in [2.05, 4.69) is 15.1 Å². The molecule has 0 N–H and O–H groups in total. The zero-order valence-electron chi connectivity index (χ0n) is 14.4. The molecule has 1 aromatic carbocycles. The summed E-state index contributed by atoms with van der Waals surface area (Å²) in [7, 11) is 0. The lowest BCUT2D eigenvalue weighted by Crippen LogP contribution is -2.51. The van der Waals surface area contributed by atoms with Crippen molar-refractivity contribution in [3.05, 3.63) is 36.2 Å². The minimum Gasteiger partial charge on any atom is -0.421 e. The Labute approximate surface area is 147 Å². The van der Waals surface area contributed by atoms with E-state index in [1.165, 1.54) is 6.42 Å². The molecule has 4 rings (SSSR count). The first-order chi connectivity index (χ1) is 12.3. The van der Waals surface area contributed by atoms with Crippen LogP contribution in [0.25, 0.3) is 11.5 Å². The van der Waals surface area contributed by atoms with Gasteiger partial charge >= 0.3 is 0 Å². The van der Waals surface area contributed by atoms with Crippen molar-refractivity contribution in [3.8, 4) is 11.5 Å². The first-order valence-electron chi connectivity index (χ1n) is 9.18. The van der Waals surface area contributed by atoms with Crippen LogP contribution < -0.4 is 0 Å². The fourth-order valence-electron chi connectivity index (χ4n) is 3.41. The third-order valence-electron chi connectivity index (χ3n) is 5.27. The van der Waals surface area contributed by atoms with Gasteiger partial charge in [-0.05, 0) is 25.0 Å². The predicted octanol–water partition coefficient (Wildman–Crippen LogP) is 2.22. The number of rotatable bonds is 5. The molecule has 0 bridgehead atoms. The highest BCUT2D eigenvalue weighted by molar-refractivity contribution is 5.79. The molecule has 2 aromatic rings. The third-order valence-corrected chi connectivity index (χ3v) is 5.27. The van der Waals surface area contributed by atoms with Crippen molar-refractivity contribution in [2.45, 2.75) is 25.7 Å². The molecule has 6 nitrogen and oxygen atoms in total. The van der Waals surface area contributed by atoms with Gasteiger partial charge in [-0.3, -0.25) is 9.69 Å². The molecule has 0 atom stereocenters. The lowest BCUT2D eigenvalue weighted by Gasteiger charge is -2.38.